The average Bonchev–Trinajstić information content (AvgIpc) is 2.98. The molecule has 0 nitrogen and oxygen atoms in total. The number of hydrogen-bond donors (Lipinski definition) is 0. The van der Waals surface area contributed by atoms with E-state index in [0.29, 0.717) is 0 Å². The van der Waals surface area contributed by atoms with Crippen molar-refractivity contribution in [3.05, 3.63) is 157 Å². The standard InChI is InChI=1S/C36H27Cl/c37-36-24-34(30-18-16-29(17-19-30)26-10-4-1-5-11-26)23-35(25-36)33-21-31(27-12-6-2-7-13-27)20-32(22-33)28-14-8-3-9-15-28/h1-23,25,36H,24H2. The molecule has 0 N–H and O–H groups in total. The molecule has 178 valence electrons. The molecule has 1 aliphatic rings. The molecule has 0 radical (unpaired) electrons. The summed E-state index contributed by atoms with van der Waals surface area (Å²) in [6.07, 6.45) is 5.33. The van der Waals surface area contributed by atoms with Crippen molar-refractivity contribution in [2.24, 2.45) is 0 Å². The maximum atomic E-state index is 6.83. The van der Waals surface area contributed by atoms with Crippen molar-refractivity contribution in [3.8, 4) is 33.4 Å². The monoisotopic (exact) mass is 494 g/mol. The highest BCUT2D eigenvalue weighted by Gasteiger charge is 2.17. The van der Waals surface area contributed by atoms with Crippen LogP contribution in [0, 0.1) is 0 Å². The number of rotatable bonds is 5. The molecule has 37 heavy (non-hydrogen) atoms. The van der Waals surface area contributed by atoms with Crippen molar-refractivity contribution in [1.82, 2.24) is 0 Å². The highest BCUT2D eigenvalue weighted by molar-refractivity contribution is 6.23. The minimum absolute atomic E-state index is 0.0515. The van der Waals surface area contributed by atoms with Gasteiger partial charge in [-0.05, 0) is 80.3 Å². The van der Waals surface area contributed by atoms with Gasteiger partial charge in [0.2, 0.25) is 0 Å². The summed E-state index contributed by atoms with van der Waals surface area (Å²) >= 11 is 6.83. The van der Waals surface area contributed by atoms with Gasteiger partial charge in [0.05, 0.1) is 5.38 Å². The van der Waals surface area contributed by atoms with Gasteiger partial charge in [0.1, 0.15) is 0 Å². The van der Waals surface area contributed by atoms with Crippen molar-refractivity contribution < 1.29 is 0 Å². The molecule has 0 spiro atoms. The average molecular weight is 495 g/mol. The highest BCUT2D eigenvalue weighted by Crippen LogP contribution is 2.37. The fourth-order valence-corrected chi connectivity index (χ4v) is 5.34. The fraction of sp³-hybridized carbons (Fsp3) is 0.0556. The third kappa shape index (κ3) is 5.21. The molecule has 1 aliphatic carbocycles. The minimum atomic E-state index is -0.0515. The van der Waals surface area contributed by atoms with Gasteiger partial charge in [0, 0.05) is 0 Å². The van der Waals surface area contributed by atoms with Gasteiger partial charge in [-0.2, -0.15) is 0 Å². The maximum Gasteiger partial charge on any atom is 0.0565 e. The number of benzene rings is 5. The molecule has 1 heteroatoms. The van der Waals surface area contributed by atoms with Crippen LogP contribution in [0.4, 0.5) is 0 Å². The molecular formula is C36H27Cl. The van der Waals surface area contributed by atoms with E-state index in [0.717, 1.165) is 6.42 Å². The molecule has 0 amide bonds. The minimum Gasteiger partial charge on any atom is -0.118 e. The Kier molecular flexibility index (Phi) is 6.58. The quantitative estimate of drug-likeness (QED) is 0.213. The molecule has 0 aromatic heterocycles. The smallest absolute Gasteiger partial charge is 0.0565 e. The van der Waals surface area contributed by atoms with Crippen LogP contribution in [0.3, 0.4) is 0 Å². The molecule has 5 aromatic carbocycles. The first kappa shape index (κ1) is 23.3. The lowest BCUT2D eigenvalue weighted by Gasteiger charge is -2.20. The summed E-state index contributed by atoms with van der Waals surface area (Å²) in [6, 6.07) is 47.4. The first-order valence-electron chi connectivity index (χ1n) is 12.7. The van der Waals surface area contributed by atoms with Gasteiger partial charge in [0.15, 0.2) is 0 Å². The lowest BCUT2D eigenvalue weighted by molar-refractivity contribution is 1.07. The van der Waals surface area contributed by atoms with Gasteiger partial charge in [-0.25, -0.2) is 0 Å². The summed E-state index contributed by atoms with van der Waals surface area (Å²) in [5, 5.41) is -0.0515. The number of alkyl halides is 1. The van der Waals surface area contributed by atoms with Crippen LogP contribution in [0.2, 0.25) is 0 Å². The molecule has 0 saturated heterocycles. The van der Waals surface area contributed by atoms with Gasteiger partial charge in [-0.1, -0.05) is 127 Å². The second-order valence-corrected chi connectivity index (χ2v) is 10.0. The maximum absolute atomic E-state index is 6.83. The van der Waals surface area contributed by atoms with Crippen LogP contribution in [-0.2, 0) is 0 Å². The molecule has 1 atom stereocenters. The van der Waals surface area contributed by atoms with Crippen LogP contribution in [-0.4, -0.2) is 5.38 Å². The van der Waals surface area contributed by atoms with E-state index < -0.39 is 0 Å². The van der Waals surface area contributed by atoms with Crippen LogP contribution >= 0.6 is 11.6 Å². The number of hydrogen-bond acceptors (Lipinski definition) is 0. The molecule has 0 fully saturated rings. The molecule has 0 saturated carbocycles. The largest absolute Gasteiger partial charge is 0.118 e. The predicted octanol–water partition coefficient (Wildman–Crippen LogP) is 10.2. The normalized spacial score (nSPS) is 15.1. The molecule has 0 heterocycles. The zero-order valence-electron chi connectivity index (χ0n) is 20.5. The molecule has 0 aliphatic heterocycles. The summed E-state index contributed by atoms with van der Waals surface area (Å²) in [7, 11) is 0. The lowest BCUT2D eigenvalue weighted by Crippen LogP contribution is -2.04. The van der Waals surface area contributed by atoms with Crippen LogP contribution < -0.4 is 0 Å². The van der Waals surface area contributed by atoms with Gasteiger partial charge < -0.3 is 0 Å². The zero-order chi connectivity index (χ0) is 25.0. The van der Waals surface area contributed by atoms with E-state index in [-0.39, 0.29) is 5.38 Å². The van der Waals surface area contributed by atoms with E-state index in [1.165, 1.54) is 55.7 Å². The Morgan fingerprint density at radius 1 is 0.432 bits per heavy atom. The summed E-state index contributed by atoms with van der Waals surface area (Å²) < 4.78 is 0. The van der Waals surface area contributed by atoms with Crippen molar-refractivity contribution in [1.29, 1.82) is 0 Å². The summed E-state index contributed by atoms with van der Waals surface area (Å²) in [5.41, 5.74) is 12.1. The Morgan fingerprint density at radius 2 is 0.838 bits per heavy atom. The topological polar surface area (TPSA) is 0 Å². The van der Waals surface area contributed by atoms with Crippen LogP contribution in [0.1, 0.15) is 17.5 Å². The highest BCUT2D eigenvalue weighted by atomic mass is 35.5. The van der Waals surface area contributed by atoms with Crippen molar-refractivity contribution in [2.75, 3.05) is 0 Å². The van der Waals surface area contributed by atoms with E-state index >= 15 is 0 Å². The van der Waals surface area contributed by atoms with Crippen LogP contribution in [0.5, 0.6) is 0 Å². The summed E-state index contributed by atoms with van der Waals surface area (Å²) in [5.74, 6) is 0. The van der Waals surface area contributed by atoms with E-state index in [9.17, 15) is 0 Å². The first-order chi connectivity index (χ1) is 18.2. The summed E-state index contributed by atoms with van der Waals surface area (Å²) in [6.45, 7) is 0. The molecule has 6 rings (SSSR count). The Labute approximate surface area is 224 Å². The molecular weight excluding hydrogens is 468 g/mol. The van der Waals surface area contributed by atoms with Gasteiger partial charge in [-0.15, -0.1) is 11.6 Å². The third-order valence-electron chi connectivity index (χ3n) is 6.95. The number of halogens is 1. The van der Waals surface area contributed by atoms with E-state index in [1.807, 2.05) is 0 Å². The molecule has 1 unspecified atom stereocenters. The molecule has 5 aromatic rings. The second-order valence-electron chi connectivity index (χ2n) is 9.49. The molecule has 0 bridgehead atoms. The van der Waals surface area contributed by atoms with Gasteiger partial charge >= 0.3 is 0 Å². The van der Waals surface area contributed by atoms with Crippen LogP contribution in [0.15, 0.2) is 146 Å². The van der Waals surface area contributed by atoms with E-state index in [2.05, 4.69) is 146 Å². The summed E-state index contributed by atoms with van der Waals surface area (Å²) in [4.78, 5) is 0. The Morgan fingerprint density at radius 3 is 1.35 bits per heavy atom. The van der Waals surface area contributed by atoms with Crippen molar-refractivity contribution in [2.45, 2.75) is 11.8 Å². The van der Waals surface area contributed by atoms with Crippen molar-refractivity contribution >= 4 is 22.7 Å². The third-order valence-corrected chi connectivity index (χ3v) is 7.23. The van der Waals surface area contributed by atoms with Crippen molar-refractivity contribution in [3.63, 3.8) is 0 Å². The zero-order valence-corrected chi connectivity index (χ0v) is 21.3. The van der Waals surface area contributed by atoms with Gasteiger partial charge in [-0.3, -0.25) is 0 Å². The van der Waals surface area contributed by atoms with E-state index in [1.54, 1.807) is 0 Å². The Balaban J connectivity index is 1.40. The fourth-order valence-electron chi connectivity index (χ4n) is 5.04. The first-order valence-corrected chi connectivity index (χ1v) is 13.2. The second kappa shape index (κ2) is 10.5. The van der Waals surface area contributed by atoms with Gasteiger partial charge in [0.25, 0.3) is 0 Å². The SMILES string of the molecule is ClC1C=C(c2cc(-c3ccccc3)cc(-c3ccccc3)c2)C=C(c2ccc(-c3ccccc3)cc2)C1. The Bertz CT molecular complexity index is 1500. The Hall–Kier alpha value is -4.13. The predicted molar refractivity (Wildman–Crippen MR) is 159 cm³/mol. The number of allylic oxidation sites excluding steroid dienone is 4. The van der Waals surface area contributed by atoms with E-state index in [4.69, 9.17) is 11.6 Å². The lowest BCUT2D eigenvalue weighted by atomic mass is 9.87. The van der Waals surface area contributed by atoms with Crippen LogP contribution in [0.25, 0.3) is 44.5 Å².